The molecule has 188 valence electrons. The molecule has 0 radical (unpaired) electrons. The largest absolute Gasteiger partial charge is 0.341 e. The monoisotopic (exact) mass is 511 g/mol. The molecule has 7 heteroatoms. The van der Waals surface area contributed by atoms with Gasteiger partial charge < -0.3 is 9.88 Å². The van der Waals surface area contributed by atoms with Crippen molar-refractivity contribution in [3.05, 3.63) is 109 Å². The number of amides is 1. The van der Waals surface area contributed by atoms with Gasteiger partial charge in [0.05, 0.1) is 11.4 Å². The zero-order chi connectivity index (χ0) is 25.8. The van der Waals surface area contributed by atoms with Crippen LogP contribution in [0.1, 0.15) is 12.5 Å². The lowest BCUT2D eigenvalue weighted by Gasteiger charge is -2.22. The molecule has 4 aromatic carbocycles. The Morgan fingerprint density at radius 1 is 0.811 bits per heavy atom. The van der Waals surface area contributed by atoms with Crippen LogP contribution in [0.15, 0.2) is 108 Å². The van der Waals surface area contributed by atoms with Gasteiger partial charge in [-0.15, -0.1) is 0 Å². The molecular weight excluding hydrogens is 482 g/mol. The fourth-order valence-corrected chi connectivity index (χ4v) is 6.18. The summed E-state index contributed by atoms with van der Waals surface area (Å²) >= 11 is 0. The van der Waals surface area contributed by atoms with Gasteiger partial charge in [-0.3, -0.25) is 4.79 Å². The molecular formula is C30H29N3O3S. The maximum absolute atomic E-state index is 13.4. The van der Waals surface area contributed by atoms with Crippen LogP contribution < -0.4 is 5.32 Å². The van der Waals surface area contributed by atoms with E-state index in [0.717, 1.165) is 33.9 Å². The molecule has 0 aliphatic rings. The second-order valence-electron chi connectivity index (χ2n) is 8.93. The van der Waals surface area contributed by atoms with E-state index in [2.05, 4.69) is 28.9 Å². The summed E-state index contributed by atoms with van der Waals surface area (Å²) in [5.74, 6) is -0.383. The first-order valence-electron chi connectivity index (χ1n) is 12.4. The standard InChI is InChI=1S/C30H29N3O3S/c1-2-33-28-16-10-9-15-26(28)27-21-24(17-18-29(27)33)31-30(34)22-32(20-19-23-11-5-3-6-12-23)37(35,36)25-13-7-4-8-14-25/h3-18,21H,2,19-20,22H2,1H3,(H,31,34). The Bertz CT molecular complexity index is 1650. The van der Waals surface area contributed by atoms with Gasteiger partial charge in [-0.05, 0) is 55.3 Å². The average Bonchev–Trinajstić information content (AvgIpc) is 3.25. The fourth-order valence-electron chi connectivity index (χ4n) is 4.76. The van der Waals surface area contributed by atoms with E-state index in [-0.39, 0.29) is 23.9 Å². The maximum Gasteiger partial charge on any atom is 0.243 e. The molecule has 0 atom stereocenters. The van der Waals surface area contributed by atoms with Crippen molar-refractivity contribution >= 4 is 43.4 Å². The molecule has 0 fully saturated rings. The van der Waals surface area contributed by atoms with Crippen LogP contribution in [0.3, 0.4) is 0 Å². The van der Waals surface area contributed by atoms with Crippen molar-refractivity contribution < 1.29 is 13.2 Å². The lowest BCUT2D eigenvalue weighted by molar-refractivity contribution is -0.116. The molecule has 0 aliphatic carbocycles. The third kappa shape index (κ3) is 5.14. The molecule has 37 heavy (non-hydrogen) atoms. The first kappa shape index (κ1) is 24.7. The Morgan fingerprint density at radius 3 is 2.19 bits per heavy atom. The summed E-state index contributed by atoms with van der Waals surface area (Å²) in [5, 5.41) is 5.09. The van der Waals surface area contributed by atoms with Crippen molar-refractivity contribution in [1.82, 2.24) is 8.87 Å². The van der Waals surface area contributed by atoms with Crippen molar-refractivity contribution in [3.63, 3.8) is 0 Å². The molecule has 0 aliphatic heterocycles. The molecule has 0 spiro atoms. The number of hydrogen-bond acceptors (Lipinski definition) is 3. The van der Waals surface area contributed by atoms with E-state index in [9.17, 15) is 13.2 Å². The van der Waals surface area contributed by atoms with E-state index < -0.39 is 10.0 Å². The predicted molar refractivity (Wildman–Crippen MR) is 149 cm³/mol. The molecule has 1 heterocycles. The van der Waals surface area contributed by atoms with E-state index >= 15 is 0 Å². The molecule has 0 saturated carbocycles. The summed E-state index contributed by atoms with van der Waals surface area (Å²) in [6, 6.07) is 31.9. The van der Waals surface area contributed by atoms with Gasteiger partial charge in [0.1, 0.15) is 0 Å². The minimum Gasteiger partial charge on any atom is -0.341 e. The zero-order valence-corrected chi connectivity index (χ0v) is 21.5. The molecule has 1 amide bonds. The number of aromatic nitrogens is 1. The van der Waals surface area contributed by atoms with Crippen molar-refractivity contribution in [1.29, 1.82) is 0 Å². The molecule has 0 unspecified atom stereocenters. The first-order valence-corrected chi connectivity index (χ1v) is 13.8. The number of para-hydroxylation sites is 1. The number of rotatable bonds is 9. The summed E-state index contributed by atoms with van der Waals surface area (Å²) in [6.07, 6.45) is 0.503. The van der Waals surface area contributed by atoms with E-state index in [0.29, 0.717) is 12.1 Å². The summed E-state index contributed by atoms with van der Waals surface area (Å²) in [5.41, 5.74) is 3.88. The van der Waals surface area contributed by atoms with E-state index in [1.165, 1.54) is 4.31 Å². The van der Waals surface area contributed by atoms with Crippen LogP contribution in [0.25, 0.3) is 21.8 Å². The number of nitrogens with one attached hydrogen (secondary N) is 1. The van der Waals surface area contributed by atoms with Gasteiger partial charge in [-0.2, -0.15) is 4.31 Å². The Labute approximate surface area is 217 Å². The second kappa shape index (κ2) is 10.6. The highest BCUT2D eigenvalue weighted by atomic mass is 32.2. The number of sulfonamides is 1. The van der Waals surface area contributed by atoms with Crippen LogP contribution in [0.4, 0.5) is 5.69 Å². The summed E-state index contributed by atoms with van der Waals surface area (Å²) in [6.45, 7) is 2.86. The number of carbonyl (C=O) groups is 1. The fraction of sp³-hybridized carbons (Fsp3) is 0.167. The molecule has 5 rings (SSSR count). The van der Waals surface area contributed by atoms with Gasteiger partial charge in [0.15, 0.2) is 0 Å². The molecule has 6 nitrogen and oxygen atoms in total. The van der Waals surface area contributed by atoms with Crippen LogP contribution in [-0.2, 0) is 27.8 Å². The van der Waals surface area contributed by atoms with Crippen molar-refractivity contribution in [2.75, 3.05) is 18.4 Å². The highest BCUT2D eigenvalue weighted by molar-refractivity contribution is 7.89. The molecule has 5 aromatic rings. The third-order valence-electron chi connectivity index (χ3n) is 6.57. The summed E-state index contributed by atoms with van der Waals surface area (Å²) in [4.78, 5) is 13.3. The second-order valence-corrected chi connectivity index (χ2v) is 10.9. The molecule has 1 N–H and O–H groups in total. The molecule has 1 aromatic heterocycles. The van der Waals surface area contributed by atoms with Gasteiger partial charge in [0.2, 0.25) is 15.9 Å². The highest BCUT2D eigenvalue weighted by Gasteiger charge is 2.26. The summed E-state index contributed by atoms with van der Waals surface area (Å²) < 4.78 is 30.4. The Balaban J connectivity index is 1.40. The van der Waals surface area contributed by atoms with Crippen LogP contribution in [0.2, 0.25) is 0 Å². The molecule has 0 bridgehead atoms. The van der Waals surface area contributed by atoms with Gasteiger partial charge in [-0.25, -0.2) is 8.42 Å². The lowest BCUT2D eigenvalue weighted by atomic mass is 10.1. The SMILES string of the molecule is CCn1c2ccccc2c2cc(NC(=O)CN(CCc3ccccc3)S(=O)(=O)c3ccccc3)ccc21. The average molecular weight is 512 g/mol. The van der Waals surface area contributed by atoms with E-state index in [1.54, 1.807) is 30.3 Å². The Kier molecular flexibility index (Phi) is 7.08. The Morgan fingerprint density at radius 2 is 1.46 bits per heavy atom. The predicted octanol–water partition coefficient (Wildman–Crippen LogP) is 5.69. The smallest absolute Gasteiger partial charge is 0.243 e. The quantitative estimate of drug-likeness (QED) is 0.277. The van der Waals surface area contributed by atoms with Gasteiger partial charge >= 0.3 is 0 Å². The topological polar surface area (TPSA) is 71.4 Å². The van der Waals surface area contributed by atoms with Crippen molar-refractivity contribution in [3.8, 4) is 0 Å². The van der Waals surface area contributed by atoms with Crippen LogP contribution in [0.5, 0.6) is 0 Å². The van der Waals surface area contributed by atoms with E-state index in [4.69, 9.17) is 0 Å². The van der Waals surface area contributed by atoms with Crippen molar-refractivity contribution in [2.24, 2.45) is 0 Å². The number of aryl methyl sites for hydroxylation is 1. The number of anilines is 1. The number of nitrogens with zero attached hydrogens (tertiary/aromatic N) is 2. The summed E-state index contributed by atoms with van der Waals surface area (Å²) in [7, 11) is -3.85. The Hall–Kier alpha value is -3.94. The van der Waals surface area contributed by atoms with Gasteiger partial charge in [0, 0.05) is 40.6 Å². The number of fused-ring (bicyclic) bond motifs is 3. The third-order valence-corrected chi connectivity index (χ3v) is 8.43. The highest BCUT2D eigenvalue weighted by Crippen LogP contribution is 2.31. The first-order chi connectivity index (χ1) is 18.0. The minimum absolute atomic E-state index is 0.171. The zero-order valence-electron chi connectivity index (χ0n) is 20.7. The van der Waals surface area contributed by atoms with Crippen molar-refractivity contribution in [2.45, 2.75) is 24.8 Å². The number of hydrogen-bond donors (Lipinski definition) is 1. The number of benzene rings is 4. The van der Waals surface area contributed by atoms with E-state index in [1.807, 2.05) is 60.7 Å². The maximum atomic E-state index is 13.4. The van der Waals surface area contributed by atoms with Crippen LogP contribution >= 0.6 is 0 Å². The number of carbonyl (C=O) groups excluding carboxylic acids is 1. The van der Waals surface area contributed by atoms with Gasteiger partial charge in [0.25, 0.3) is 0 Å². The molecule has 0 saturated heterocycles. The normalized spacial score (nSPS) is 11.8. The minimum atomic E-state index is -3.85. The van der Waals surface area contributed by atoms with Crippen LogP contribution in [0, 0.1) is 0 Å². The lowest BCUT2D eigenvalue weighted by Crippen LogP contribution is -2.39. The van der Waals surface area contributed by atoms with Crippen LogP contribution in [-0.4, -0.2) is 36.3 Å². The van der Waals surface area contributed by atoms with Gasteiger partial charge in [-0.1, -0.05) is 66.7 Å².